The highest BCUT2D eigenvalue weighted by atomic mass is 16.5. The third-order valence-electron chi connectivity index (χ3n) is 4.43. The minimum absolute atomic E-state index is 0.205. The maximum Gasteiger partial charge on any atom is 0.319 e. The summed E-state index contributed by atoms with van der Waals surface area (Å²) in [6, 6.07) is 1.73. The van der Waals surface area contributed by atoms with Gasteiger partial charge in [0.05, 0.1) is 37.3 Å². The van der Waals surface area contributed by atoms with Crippen LogP contribution in [0.2, 0.25) is 0 Å². The summed E-state index contributed by atoms with van der Waals surface area (Å²) in [5.74, 6) is 1.36. The molecule has 0 radical (unpaired) electrons. The predicted molar refractivity (Wildman–Crippen MR) is 91.0 cm³/mol. The van der Waals surface area contributed by atoms with Gasteiger partial charge in [-0.3, -0.25) is 9.67 Å². The van der Waals surface area contributed by atoms with Crippen LogP contribution in [-0.2, 0) is 0 Å². The summed E-state index contributed by atoms with van der Waals surface area (Å²) in [6.45, 7) is 4.06. The molecule has 2 aromatic rings. The minimum Gasteiger partial charge on any atom is -0.495 e. The van der Waals surface area contributed by atoms with Crippen molar-refractivity contribution < 1.29 is 9.53 Å². The van der Waals surface area contributed by atoms with Crippen molar-refractivity contribution in [1.82, 2.24) is 20.1 Å². The van der Waals surface area contributed by atoms with E-state index in [-0.39, 0.29) is 12.1 Å². The first kappa shape index (κ1) is 16.3. The van der Waals surface area contributed by atoms with Gasteiger partial charge in [-0.15, -0.1) is 0 Å². The highest BCUT2D eigenvalue weighted by Crippen LogP contribution is 2.39. The number of aromatic nitrogens is 3. The molecule has 2 atom stereocenters. The number of carbonyl (C=O) groups excluding carboxylic acids is 1. The Balaban J connectivity index is 1.59. The lowest BCUT2D eigenvalue weighted by Gasteiger charge is -2.17. The standard InChI is InChI=1S/C17H23N5O2/c1-11(15-6-7-18-9-16(15)24-3)20-17(23)21-14-8-19-22(10-14)12(2)13-4-5-13/h6-13H,4-5H2,1-3H3,(H2,20,21,23). The largest absolute Gasteiger partial charge is 0.495 e. The monoisotopic (exact) mass is 329 g/mol. The Bertz CT molecular complexity index is 711. The fourth-order valence-corrected chi connectivity index (χ4v) is 2.78. The van der Waals surface area contributed by atoms with Crippen molar-refractivity contribution in [3.63, 3.8) is 0 Å². The number of methoxy groups -OCH3 is 1. The number of ether oxygens (including phenoxy) is 1. The molecule has 1 fully saturated rings. The molecular formula is C17H23N5O2. The van der Waals surface area contributed by atoms with E-state index in [1.165, 1.54) is 12.8 Å². The van der Waals surface area contributed by atoms with E-state index in [2.05, 4.69) is 27.6 Å². The molecule has 0 bridgehead atoms. The molecule has 0 aliphatic heterocycles. The molecule has 0 aromatic carbocycles. The van der Waals surface area contributed by atoms with Gasteiger partial charge in [-0.05, 0) is 38.7 Å². The summed E-state index contributed by atoms with van der Waals surface area (Å²) < 4.78 is 7.20. The molecule has 2 aromatic heterocycles. The molecule has 1 aliphatic carbocycles. The Morgan fingerprint density at radius 2 is 2.17 bits per heavy atom. The first-order chi connectivity index (χ1) is 11.6. The molecule has 2 amide bonds. The first-order valence-electron chi connectivity index (χ1n) is 8.18. The van der Waals surface area contributed by atoms with Crippen LogP contribution < -0.4 is 15.4 Å². The van der Waals surface area contributed by atoms with E-state index in [0.29, 0.717) is 23.4 Å². The van der Waals surface area contributed by atoms with Gasteiger partial charge in [0.1, 0.15) is 5.75 Å². The molecule has 1 saturated carbocycles. The van der Waals surface area contributed by atoms with Gasteiger partial charge in [0, 0.05) is 18.0 Å². The molecular weight excluding hydrogens is 306 g/mol. The number of pyridine rings is 1. The van der Waals surface area contributed by atoms with Crippen LogP contribution in [0.5, 0.6) is 5.75 Å². The smallest absolute Gasteiger partial charge is 0.319 e. The molecule has 1 aliphatic rings. The molecule has 3 rings (SSSR count). The number of carbonyl (C=O) groups is 1. The van der Waals surface area contributed by atoms with Crippen molar-refractivity contribution in [2.24, 2.45) is 5.92 Å². The lowest BCUT2D eigenvalue weighted by atomic mass is 10.1. The molecule has 7 nitrogen and oxygen atoms in total. The zero-order valence-corrected chi connectivity index (χ0v) is 14.2. The van der Waals surface area contributed by atoms with Crippen LogP contribution in [0.25, 0.3) is 0 Å². The highest BCUT2D eigenvalue weighted by Gasteiger charge is 2.29. The topological polar surface area (TPSA) is 81.1 Å². The summed E-state index contributed by atoms with van der Waals surface area (Å²) in [5.41, 5.74) is 1.56. The van der Waals surface area contributed by atoms with Gasteiger partial charge in [-0.2, -0.15) is 5.10 Å². The predicted octanol–water partition coefficient (Wildman–Crippen LogP) is 3.14. The Morgan fingerprint density at radius 1 is 1.38 bits per heavy atom. The van der Waals surface area contributed by atoms with E-state index in [1.807, 2.05) is 23.9 Å². The number of anilines is 1. The third kappa shape index (κ3) is 3.67. The number of nitrogens with one attached hydrogen (secondary N) is 2. The van der Waals surface area contributed by atoms with Gasteiger partial charge in [-0.1, -0.05) is 0 Å². The van der Waals surface area contributed by atoms with Crippen molar-refractivity contribution in [2.45, 2.75) is 38.8 Å². The van der Waals surface area contributed by atoms with Crippen molar-refractivity contribution in [3.8, 4) is 5.75 Å². The highest BCUT2D eigenvalue weighted by molar-refractivity contribution is 5.89. The maximum absolute atomic E-state index is 12.2. The van der Waals surface area contributed by atoms with Crippen LogP contribution in [0, 0.1) is 5.92 Å². The Morgan fingerprint density at radius 3 is 2.88 bits per heavy atom. The number of urea groups is 1. The summed E-state index contributed by atoms with van der Waals surface area (Å²) in [4.78, 5) is 16.2. The normalized spacial score (nSPS) is 16.3. The van der Waals surface area contributed by atoms with Crippen molar-refractivity contribution >= 4 is 11.7 Å². The number of amides is 2. The lowest BCUT2D eigenvalue weighted by Crippen LogP contribution is -2.31. The zero-order valence-electron chi connectivity index (χ0n) is 14.2. The molecule has 7 heteroatoms. The van der Waals surface area contributed by atoms with Crippen molar-refractivity contribution in [2.75, 3.05) is 12.4 Å². The van der Waals surface area contributed by atoms with Gasteiger partial charge >= 0.3 is 6.03 Å². The maximum atomic E-state index is 12.2. The molecule has 2 N–H and O–H groups in total. The average Bonchev–Trinajstić information content (AvgIpc) is 3.33. The van der Waals surface area contributed by atoms with E-state index >= 15 is 0 Å². The summed E-state index contributed by atoms with van der Waals surface area (Å²) >= 11 is 0. The molecule has 2 unspecified atom stereocenters. The molecule has 2 heterocycles. The van der Waals surface area contributed by atoms with Gasteiger partial charge in [-0.25, -0.2) is 4.79 Å². The fraction of sp³-hybridized carbons (Fsp3) is 0.471. The first-order valence-corrected chi connectivity index (χ1v) is 8.18. The second kappa shape index (κ2) is 6.90. The van der Waals surface area contributed by atoms with Crippen LogP contribution in [0.15, 0.2) is 30.9 Å². The molecule has 24 heavy (non-hydrogen) atoms. The fourth-order valence-electron chi connectivity index (χ4n) is 2.78. The molecule has 0 saturated heterocycles. The quantitative estimate of drug-likeness (QED) is 0.853. The number of hydrogen-bond donors (Lipinski definition) is 2. The molecule has 128 valence electrons. The SMILES string of the molecule is COc1cnccc1C(C)NC(=O)Nc1cnn(C(C)C2CC2)c1. The van der Waals surface area contributed by atoms with Gasteiger partial charge in [0.15, 0.2) is 0 Å². The summed E-state index contributed by atoms with van der Waals surface area (Å²) in [5, 5.41) is 10.1. The summed E-state index contributed by atoms with van der Waals surface area (Å²) in [6.07, 6.45) is 9.38. The zero-order chi connectivity index (χ0) is 17.1. The lowest BCUT2D eigenvalue weighted by molar-refractivity contribution is 0.249. The Hall–Kier alpha value is -2.57. The van der Waals surface area contributed by atoms with Crippen LogP contribution in [-0.4, -0.2) is 27.9 Å². The van der Waals surface area contributed by atoms with Crippen molar-refractivity contribution in [3.05, 3.63) is 36.4 Å². The summed E-state index contributed by atoms with van der Waals surface area (Å²) in [7, 11) is 1.59. The molecule has 0 spiro atoms. The van der Waals surface area contributed by atoms with Crippen LogP contribution in [0.3, 0.4) is 0 Å². The van der Waals surface area contributed by atoms with E-state index < -0.39 is 0 Å². The van der Waals surface area contributed by atoms with Gasteiger partial charge in [0.25, 0.3) is 0 Å². The number of rotatable bonds is 6. The second-order valence-corrected chi connectivity index (χ2v) is 6.22. The van der Waals surface area contributed by atoms with E-state index in [9.17, 15) is 4.79 Å². The van der Waals surface area contributed by atoms with E-state index in [1.54, 1.807) is 25.7 Å². The van der Waals surface area contributed by atoms with Crippen LogP contribution in [0.1, 0.15) is 44.3 Å². The van der Waals surface area contributed by atoms with Crippen LogP contribution >= 0.6 is 0 Å². The second-order valence-electron chi connectivity index (χ2n) is 6.22. The third-order valence-corrected chi connectivity index (χ3v) is 4.43. The van der Waals surface area contributed by atoms with E-state index in [0.717, 1.165) is 5.56 Å². The van der Waals surface area contributed by atoms with E-state index in [4.69, 9.17) is 4.74 Å². The number of hydrogen-bond acceptors (Lipinski definition) is 4. The average molecular weight is 329 g/mol. The van der Waals surface area contributed by atoms with Gasteiger partial charge in [0.2, 0.25) is 0 Å². The van der Waals surface area contributed by atoms with Gasteiger partial charge < -0.3 is 15.4 Å². The number of nitrogens with zero attached hydrogens (tertiary/aromatic N) is 3. The Kier molecular flexibility index (Phi) is 4.69. The Labute approximate surface area is 141 Å². The minimum atomic E-state index is -0.278. The van der Waals surface area contributed by atoms with Crippen LogP contribution in [0.4, 0.5) is 10.5 Å². The van der Waals surface area contributed by atoms with Crippen molar-refractivity contribution in [1.29, 1.82) is 0 Å².